The number of aryl methyl sites for hydroxylation is 1. The van der Waals surface area contributed by atoms with Gasteiger partial charge >= 0.3 is 5.69 Å². The minimum Gasteiger partial charge on any atom is -0.357 e. The van der Waals surface area contributed by atoms with Gasteiger partial charge in [0.1, 0.15) is 0 Å². The molecule has 0 amide bonds. The number of nitrogens with one attached hydrogen (secondary N) is 1. The topological polar surface area (TPSA) is 94.9 Å². The van der Waals surface area contributed by atoms with Gasteiger partial charge in [-0.25, -0.2) is 9.48 Å². The second kappa shape index (κ2) is 4.56. The smallest absolute Gasteiger partial charge is 0.346 e. The lowest BCUT2D eigenvalue weighted by Crippen LogP contribution is -2.47. The molecule has 0 unspecified atom stereocenters. The molecule has 1 fully saturated rings. The van der Waals surface area contributed by atoms with E-state index >= 15 is 0 Å². The van der Waals surface area contributed by atoms with Crippen LogP contribution in [0.25, 0.3) is 0 Å². The molecule has 0 radical (unpaired) electrons. The molecule has 0 aliphatic heterocycles. The van der Waals surface area contributed by atoms with E-state index in [0.717, 1.165) is 34.9 Å². The van der Waals surface area contributed by atoms with Gasteiger partial charge in [-0.15, -0.1) is 5.10 Å². The Balaban J connectivity index is 2.41. The van der Waals surface area contributed by atoms with E-state index in [1.165, 1.54) is 14.1 Å². The number of anilines is 1. The van der Waals surface area contributed by atoms with Gasteiger partial charge in [-0.3, -0.25) is 9.36 Å². The summed E-state index contributed by atoms with van der Waals surface area (Å²) in [6.45, 7) is 0.459. The molecule has 1 aliphatic rings. The van der Waals surface area contributed by atoms with Crippen LogP contribution in [0, 0.1) is 0 Å². The summed E-state index contributed by atoms with van der Waals surface area (Å²) in [7, 11) is 2.97. The van der Waals surface area contributed by atoms with Crippen molar-refractivity contribution >= 4 is 5.82 Å². The third-order valence-corrected chi connectivity index (χ3v) is 3.66. The molecular weight excluding hydrogens is 234 g/mol. The van der Waals surface area contributed by atoms with Crippen molar-refractivity contribution < 1.29 is 0 Å². The molecule has 7 heteroatoms. The van der Waals surface area contributed by atoms with Crippen LogP contribution in [0.1, 0.15) is 25.7 Å². The SMILES string of the molecule is Cn1nc(NC2(CN)CCCC2)c(=O)n(C)c1=O. The van der Waals surface area contributed by atoms with Gasteiger partial charge in [-0.05, 0) is 12.8 Å². The van der Waals surface area contributed by atoms with Crippen LogP contribution in [0.4, 0.5) is 5.82 Å². The Kier molecular flexibility index (Phi) is 3.25. The van der Waals surface area contributed by atoms with Crippen molar-refractivity contribution in [1.29, 1.82) is 0 Å². The van der Waals surface area contributed by atoms with Crippen molar-refractivity contribution in [3.63, 3.8) is 0 Å². The van der Waals surface area contributed by atoms with Gasteiger partial charge in [0.2, 0.25) is 5.82 Å². The van der Waals surface area contributed by atoms with Gasteiger partial charge in [-0.1, -0.05) is 12.8 Å². The van der Waals surface area contributed by atoms with Crippen LogP contribution in [0.3, 0.4) is 0 Å². The van der Waals surface area contributed by atoms with Crippen LogP contribution in [0.15, 0.2) is 9.59 Å². The third kappa shape index (κ3) is 2.05. The summed E-state index contributed by atoms with van der Waals surface area (Å²) >= 11 is 0. The second-order valence-electron chi connectivity index (χ2n) is 4.94. The van der Waals surface area contributed by atoms with Crippen LogP contribution >= 0.6 is 0 Å². The van der Waals surface area contributed by atoms with Gasteiger partial charge in [0, 0.05) is 20.6 Å². The lowest BCUT2D eigenvalue weighted by molar-refractivity contribution is 0.483. The van der Waals surface area contributed by atoms with Crippen LogP contribution in [0.5, 0.6) is 0 Å². The third-order valence-electron chi connectivity index (χ3n) is 3.66. The number of hydrogen-bond donors (Lipinski definition) is 2. The van der Waals surface area contributed by atoms with Crippen LogP contribution < -0.4 is 22.3 Å². The Morgan fingerprint density at radius 2 is 1.94 bits per heavy atom. The molecule has 1 heterocycles. The average Bonchev–Trinajstić information content (AvgIpc) is 2.82. The molecule has 7 nitrogen and oxygen atoms in total. The molecule has 0 atom stereocenters. The predicted molar refractivity (Wildman–Crippen MR) is 68.6 cm³/mol. The Labute approximate surface area is 105 Å². The standard InChI is InChI=1S/C11H19N5O2/c1-15-9(17)8(14-16(2)10(15)18)13-11(7-12)5-3-4-6-11/h3-7,12H2,1-2H3,(H,13,14). The average molecular weight is 253 g/mol. The highest BCUT2D eigenvalue weighted by molar-refractivity contribution is 5.35. The van der Waals surface area contributed by atoms with Gasteiger partial charge in [0.05, 0.1) is 5.54 Å². The zero-order valence-electron chi connectivity index (χ0n) is 10.8. The normalized spacial score (nSPS) is 17.9. The summed E-state index contributed by atoms with van der Waals surface area (Å²) < 4.78 is 2.21. The van der Waals surface area contributed by atoms with E-state index in [2.05, 4.69) is 10.4 Å². The molecule has 2 rings (SSSR count). The van der Waals surface area contributed by atoms with Crippen LogP contribution in [-0.4, -0.2) is 26.4 Å². The molecule has 100 valence electrons. The van der Waals surface area contributed by atoms with Crippen molar-refractivity contribution in [3.8, 4) is 0 Å². The first kappa shape index (κ1) is 12.8. The largest absolute Gasteiger partial charge is 0.357 e. The highest BCUT2D eigenvalue weighted by atomic mass is 16.2. The Hall–Kier alpha value is -1.63. The lowest BCUT2D eigenvalue weighted by atomic mass is 9.98. The maximum absolute atomic E-state index is 12.0. The van der Waals surface area contributed by atoms with E-state index in [9.17, 15) is 9.59 Å². The summed E-state index contributed by atoms with van der Waals surface area (Å²) in [4.78, 5) is 23.5. The molecule has 3 N–H and O–H groups in total. The van der Waals surface area contributed by atoms with Crippen molar-refractivity contribution in [1.82, 2.24) is 14.3 Å². The summed E-state index contributed by atoms with van der Waals surface area (Å²) in [5.74, 6) is 0.201. The maximum atomic E-state index is 12.0. The molecule has 0 saturated heterocycles. The van der Waals surface area contributed by atoms with Gasteiger partial charge in [0.15, 0.2) is 0 Å². The van der Waals surface area contributed by atoms with E-state index < -0.39 is 11.2 Å². The fraction of sp³-hybridized carbons (Fsp3) is 0.727. The molecule has 0 bridgehead atoms. The number of nitrogens with zero attached hydrogens (tertiary/aromatic N) is 3. The number of hydrogen-bond acceptors (Lipinski definition) is 5. The highest BCUT2D eigenvalue weighted by Crippen LogP contribution is 2.30. The molecule has 1 aromatic heterocycles. The van der Waals surface area contributed by atoms with Crippen LogP contribution in [-0.2, 0) is 14.1 Å². The molecule has 1 saturated carbocycles. The zero-order chi connectivity index (χ0) is 13.3. The molecule has 1 aliphatic carbocycles. The van der Waals surface area contributed by atoms with Crippen molar-refractivity contribution in [3.05, 3.63) is 20.8 Å². The number of nitrogens with two attached hydrogens (primary N) is 1. The van der Waals surface area contributed by atoms with E-state index in [-0.39, 0.29) is 11.4 Å². The number of aromatic nitrogens is 3. The predicted octanol–water partition coefficient (Wildman–Crippen LogP) is -0.838. The minimum atomic E-state index is -0.432. The van der Waals surface area contributed by atoms with Gasteiger partial charge in [0.25, 0.3) is 5.56 Å². The minimum absolute atomic E-state index is 0.201. The summed E-state index contributed by atoms with van der Waals surface area (Å²) in [5.41, 5.74) is 4.72. The lowest BCUT2D eigenvalue weighted by Gasteiger charge is -2.28. The monoisotopic (exact) mass is 253 g/mol. The maximum Gasteiger partial charge on any atom is 0.346 e. The quantitative estimate of drug-likeness (QED) is 0.732. The van der Waals surface area contributed by atoms with Crippen molar-refractivity contribution in [2.45, 2.75) is 31.2 Å². The highest BCUT2D eigenvalue weighted by Gasteiger charge is 2.33. The molecule has 0 spiro atoms. The fourth-order valence-corrected chi connectivity index (χ4v) is 2.46. The van der Waals surface area contributed by atoms with E-state index in [1.807, 2.05) is 0 Å². The molecular formula is C11H19N5O2. The molecule has 0 aromatic carbocycles. The zero-order valence-corrected chi connectivity index (χ0v) is 10.8. The Morgan fingerprint density at radius 1 is 1.33 bits per heavy atom. The van der Waals surface area contributed by atoms with E-state index in [0.29, 0.717) is 6.54 Å². The second-order valence-corrected chi connectivity index (χ2v) is 4.94. The van der Waals surface area contributed by atoms with Gasteiger partial charge < -0.3 is 11.1 Å². The summed E-state index contributed by atoms with van der Waals surface area (Å²) in [5, 5.41) is 7.15. The van der Waals surface area contributed by atoms with E-state index in [1.54, 1.807) is 0 Å². The van der Waals surface area contributed by atoms with Crippen molar-refractivity contribution in [2.24, 2.45) is 19.8 Å². The Bertz CT molecular complexity index is 554. The Morgan fingerprint density at radius 3 is 2.50 bits per heavy atom. The van der Waals surface area contributed by atoms with E-state index in [4.69, 9.17) is 5.73 Å². The number of rotatable bonds is 3. The summed E-state index contributed by atoms with van der Waals surface area (Å²) in [6.07, 6.45) is 4.04. The summed E-state index contributed by atoms with van der Waals surface area (Å²) in [6, 6.07) is 0. The van der Waals surface area contributed by atoms with Crippen molar-refractivity contribution in [2.75, 3.05) is 11.9 Å². The molecule has 1 aromatic rings. The van der Waals surface area contributed by atoms with Crippen LogP contribution in [0.2, 0.25) is 0 Å². The van der Waals surface area contributed by atoms with Gasteiger partial charge in [-0.2, -0.15) is 0 Å². The first-order chi connectivity index (χ1) is 8.49. The molecule has 18 heavy (non-hydrogen) atoms. The fourth-order valence-electron chi connectivity index (χ4n) is 2.46. The first-order valence-corrected chi connectivity index (χ1v) is 6.12. The first-order valence-electron chi connectivity index (χ1n) is 6.12.